The van der Waals surface area contributed by atoms with Gasteiger partial charge >= 0.3 is 0 Å². The molecule has 0 amide bonds. The van der Waals surface area contributed by atoms with E-state index in [0.717, 1.165) is 31.6 Å². The predicted molar refractivity (Wildman–Crippen MR) is 71.6 cm³/mol. The molecule has 1 saturated carbocycles. The molecule has 7 heteroatoms. The molecule has 1 unspecified atom stereocenters. The second-order valence-electron chi connectivity index (χ2n) is 5.09. The maximum Gasteiger partial charge on any atom is 0.225 e. The summed E-state index contributed by atoms with van der Waals surface area (Å²) in [5, 5.41) is 0. The Balaban J connectivity index is 1.81. The average Bonchev–Trinajstić information content (AvgIpc) is 3.20. The molecule has 1 aromatic rings. The Morgan fingerprint density at radius 2 is 2.16 bits per heavy atom. The molecule has 6 nitrogen and oxygen atoms in total. The van der Waals surface area contributed by atoms with Crippen molar-refractivity contribution in [1.29, 1.82) is 0 Å². The van der Waals surface area contributed by atoms with Gasteiger partial charge in [-0.25, -0.2) is 14.2 Å². The first-order chi connectivity index (χ1) is 9.20. The van der Waals surface area contributed by atoms with Crippen LogP contribution in [0.3, 0.4) is 0 Å². The molecule has 0 spiro atoms. The van der Waals surface area contributed by atoms with Crippen LogP contribution in [0.2, 0.25) is 0 Å². The summed E-state index contributed by atoms with van der Waals surface area (Å²) in [6.07, 6.45) is 3.60. The normalized spacial score (nSPS) is 23.1. The number of ether oxygens (including phenoxy) is 1. The van der Waals surface area contributed by atoms with Gasteiger partial charge in [0.2, 0.25) is 5.95 Å². The van der Waals surface area contributed by atoms with Gasteiger partial charge < -0.3 is 14.2 Å². The van der Waals surface area contributed by atoms with Crippen LogP contribution >= 0.6 is 0 Å². The monoisotopic (exact) mass is 283 g/mol. The van der Waals surface area contributed by atoms with E-state index in [2.05, 4.69) is 14.9 Å². The molecule has 1 N–H and O–H groups in total. The zero-order valence-corrected chi connectivity index (χ0v) is 11.4. The number of anilines is 1. The van der Waals surface area contributed by atoms with Crippen molar-refractivity contribution in [3.05, 3.63) is 18.0 Å². The highest BCUT2D eigenvalue weighted by atomic mass is 32.2. The van der Waals surface area contributed by atoms with Gasteiger partial charge in [-0.1, -0.05) is 0 Å². The third kappa shape index (κ3) is 2.77. The predicted octanol–water partition coefficient (Wildman–Crippen LogP) is 0.567. The molecule has 19 heavy (non-hydrogen) atoms. The van der Waals surface area contributed by atoms with Gasteiger partial charge in [-0.15, -0.1) is 0 Å². The number of hydrogen-bond donors (Lipinski definition) is 1. The van der Waals surface area contributed by atoms with Gasteiger partial charge in [0.25, 0.3) is 0 Å². The Morgan fingerprint density at radius 1 is 1.42 bits per heavy atom. The Hall–Kier alpha value is -1.05. The summed E-state index contributed by atoms with van der Waals surface area (Å²) in [5.41, 5.74) is 0.690. The number of aromatic nitrogens is 2. The lowest BCUT2D eigenvalue weighted by atomic mass is 10.1. The second-order valence-corrected chi connectivity index (χ2v) is 6.02. The lowest BCUT2D eigenvalue weighted by molar-refractivity contribution is 0.122. The fourth-order valence-electron chi connectivity index (χ4n) is 2.42. The highest BCUT2D eigenvalue weighted by Gasteiger charge is 2.47. The second kappa shape index (κ2) is 5.15. The van der Waals surface area contributed by atoms with Crippen molar-refractivity contribution in [2.24, 2.45) is 0 Å². The number of hydrogen-bond acceptors (Lipinski definition) is 5. The quantitative estimate of drug-likeness (QED) is 0.814. The smallest absolute Gasteiger partial charge is 0.225 e. The first-order valence-electron chi connectivity index (χ1n) is 6.43. The standard InChI is InChI=1S/C12H17N3O3S/c16-19(17)9-12(2-3-12)10-1-4-13-11(14-10)15-5-7-18-8-6-15/h1,4H,2-3,5-9H2,(H,16,17). The van der Waals surface area contributed by atoms with Crippen molar-refractivity contribution in [2.75, 3.05) is 37.0 Å². The molecular weight excluding hydrogens is 266 g/mol. The summed E-state index contributed by atoms with van der Waals surface area (Å²) in [4.78, 5) is 11.0. The summed E-state index contributed by atoms with van der Waals surface area (Å²) >= 11 is -1.78. The van der Waals surface area contributed by atoms with E-state index in [1.54, 1.807) is 6.20 Å². The van der Waals surface area contributed by atoms with E-state index in [-0.39, 0.29) is 11.2 Å². The van der Waals surface area contributed by atoms with Gasteiger partial charge in [0.05, 0.1) is 24.7 Å². The maximum atomic E-state index is 11.1. The molecular formula is C12H17N3O3S. The molecule has 1 aliphatic carbocycles. The molecule has 2 fully saturated rings. The van der Waals surface area contributed by atoms with Gasteiger partial charge in [0.15, 0.2) is 11.1 Å². The molecule has 1 saturated heterocycles. The third-order valence-electron chi connectivity index (χ3n) is 3.73. The molecule has 0 radical (unpaired) electrons. The van der Waals surface area contributed by atoms with E-state index in [0.29, 0.717) is 19.2 Å². The van der Waals surface area contributed by atoms with Crippen LogP contribution in [-0.2, 0) is 21.2 Å². The van der Waals surface area contributed by atoms with Gasteiger partial charge in [0.1, 0.15) is 0 Å². The SMILES string of the molecule is O=S(O)CC1(c2ccnc(N3CCOCC3)n2)CC1. The number of nitrogens with zero attached hydrogens (tertiary/aromatic N) is 3. The molecule has 0 aromatic carbocycles. The van der Waals surface area contributed by atoms with Crippen molar-refractivity contribution in [1.82, 2.24) is 9.97 Å². The highest BCUT2D eigenvalue weighted by Crippen LogP contribution is 2.48. The van der Waals surface area contributed by atoms with Crippen LogP contribution in [-0.4, -0.2) is 50.8 Å². The molecule has 3 rings (SSSR count). The van der Waals surface area contributed by atoms with Crippen LogP contribution in [0.25, 0.3) is 0 Å². The first kappa shape index (κ1) is 13.0. The van der Waals surface area contributed by atoms with Gasteiger partial charge in [-0.2, -0.15) is 0 Å². The maximum absolute atomic E-state index is 11.1. The fraction of sp³-hybridized carbons (Fsp3) is 0.667. The van der Waals surface area contributed by atoms with Gasteiger partial charge in [-0.3, -0.25) is 0 Å². The van der Waals surface area contributed by atoms with Crippen LogP contribution in [0.1, 0.15) is 18.5 Å². The Morgan fingerprint density at radius 3 is 2.79 bits per heavy atom. The third-order valence-corrected chi connectivity index (χ3v) is 4.53. The lowest BCUT2D eigenvalue weighted by Crippen LogP contribution is -2.37. The van der Waals surface area contributed by atoms with E-state index >= 15 is 0 Å². The topological polar surface area (TPSA) is 75.5 Å². The van der Waals surface area contributed by atoms with E-state index in [1.165, 1.54) is 0 Å². The van der Waals surface area contributed by atoms with Crippen LogP contribution in [0.15, 0.2) is 12.3 Å². The summed E-state index contributed by atoms with van der Waals surface area (Å²) in [6.45, 7) is 2.98. The molecule has 2 heterocycles. The fourth-order valence-corrected chi connectivity index (χ4v) is 3.33. The van der Waals surface area contributed by atoms with Crippen molar-refractivity contribution in [3.8, 4) is 0 Å². The molecule has 1 aromatic heterocycles. The minimum atomic E-state index is -1.78. The van der Waals surface area contributed by atoms with Gasteiger partial charge in [0, 0.05) is 24.7 Å². The van der Waals surface area contributed by atoms with Crippen LogP contribution < -0.4 is 4.90 Å². The van der Waals surface area contributed by atoms with Gasteiger partial charge in [-0.05, 0) is 18.9 Å². The van der Waals surface area contributed by atoms with Crippen LogP contribution in [0, 0.1) is 0 Å². The molecule has 2 aliphatic rings. The Bertz CT molecular complexity index is 487. The summed E-state index contributed by atoms with van der Waals surface area (Å²) < 4.78 is 25.5. The van der Waals surface area contributed by atoms with E-state index in [9.17, 15) is 4.21 Å². The first-order valence-corrected chi connectivity index (χ1v) is 7.71. The van der Waals surface area contributed by atoms with Crippen molar-refractivity contribution < 1.29 is 13.5 Å². The Kier molecular flexibility index (Phi) is 3.51. The van der Waals surface area contributed by atoms with E-state index in [1.807, 2.05) is 6.07 Å². The van der Waals surface area contributed by atoms with Crippen LogP contribution in [0.4, 0.5) is 5.95 Å². The van der Waals surface area contributed by atoms with Crippen molar-refractivity contribution in [3.63, 3.8) is 0 Å². The minimum absolute atomic E-state index is 0.205. The Labute approximate surface area is 114 Å². The largest absolute Gasteiger partial charge is 0.378 e. The number of rotatable bonds is 4. The zero-order valence-electron chi connectivity index (χ0n) is 10.6. The summed E-state index contributed by atoms with van der Waals surface area (Å²) in [7, 11) is 0. The summed E-state index contributed by atoms with van der Waals surface area (Å²) in [6, 6.07) is 1.86. The zero-order chi connectivity index (χ0) is 13.3. The van der Waals surface area contributed by atoms with E-state index < -0.39 is 11.1 Å². The average molecular weight is 283 g/mol. The lowest BCUT2D eigenvalue weighted by Gasteiger charge is -2.27. The molecule has 1 aliphatic heterocycles. The van der Waals surface area contributed by atoms with Crippen LogP contribution in [0.5, 0.6) is 0 Å². The number of morpholine rings is 1. The van der Waals surface area contributed by atoms with Crippen molar-refractivity contribution in [2.45, 2.75) is 18.3 Å². The highest BCUT2D eigenvalue weighted by molar-refractivity contribution is 7.79. The molecule has 104 valence electrons. The summed E-state index contributed by atoms with van der Waals surface area (Å²) in [5.74, 6) is 0.975. The molecule has 0 bridgehead atoms. The molecule has 1 atom stereocenters. The minimum Gasteiger partial charge on any atom is -0.378 e. The van der Waals surface area contributed by atoms with Crippen molar-refractivity contribution >= 4 is 17.0 Å². The van der Waals surface area contributed by atoms with E-state index in [4.69, 9.17) is 9.29 Å².